The average Bonchev–Trinajstić information content (AvgIpc) is 2.41. The van der Waals surface area contributed by atoms with Gasteiger partial charge in [0.2, 0.25) is 11.7 Å². The van der Waals surface area contributed by atoms with Crippen LogP contribution < -0.4 is 10.1 Å². The second kappa shape index (κ2) is 5.21. The number of nitrogens with zero attached hydrogens (tertiary/aromatic N) is 2. The highest BCUT2D eigenvalue weighted by molar-refractivity contribution is 5.66. The van der Waals surface area contributed by atoms with Crippen molar-refractivity contribution in [1.29, 1.82) is 0 Å². The number of aromatic nitrogens is 1. The van der Waals surface area contributed by atoms with Crippen molar-refractivity contribution < 1.29 is 14.8 Å². The Hall–Kier alpha value is -2.83. The van der Waals surface area contributed by atoms with Crippen LogP contribution in [0.3, 0.4) is 0 Å². The van der Waals surface area contributed by atoms with Gasteiger partial charge in [-0.05, 0) is 24.3 Å². The average molecular weight is 261 g/mol. The van der Waals surface area contributed by atoms with E-state index < -0.39 is 4.92 Å². The van der Waals surface area contributed by atoms with Crippen LogP contribution in [-0.2, 0) is 0 Å². The standard InChI is InChI=1S/C12H11N3O4/c1-19-11-7-6-10(15(17)18)12(14-11)13-8-2-4-9(16)5-3-8/h2-7,16H,1H3,(H,13,14). The third-order valence-corrected chi connectivity index (χ3v) is 2.38. The van der Waals surface area contributed by atoms with Crippen molar-refractivity contribution in [3.63, 3.8) is 0 Å². The molecule has 0 aliphatic rings. The van der Waals surface area contributed by atoms with Gasteiger partial charge in [-0.3, -0.25) is 10.1 Å². The molecular weight excluding hydrogens is 250 g/mol. The van der Waals surface area contributed by atoms with Gasteiger partial charge in [0, 0.05) is 17.8 Å². The van der Waals surface area contributed by atoms with E-state index in [1.54, 1.807) is 12.1 Å². The normalized spacial score (nSPS) is 9.95. The summed E-state index contributed by atoms with van der Waals surface area (Å²) in [6.45, 7) is 0. The molecule has 0 aliphatic heterocycles. The summed E-state index contributed by atoms with van der Waals surface area (Å²) >= 11 is 0. The minimum Gasteiger partial charge on any atom is -0.508 e. The zero-order chi connectivity index (χ0) is 13.8. The van der Waals surface area contributed by atoms with E-state index in [4.69, 9.17) is 4.74 Å². The summed E-state index contributed by atoms with van der Waals surface area (Å²) in [5, 5.41) is 22.9. The van der Waals surface area contributed by atoms with Crippen LogP contribution in [0.5, 0.6) is 11.6 Å². The minimum atomic E-state index is -0.533. The fourth-order valence-corrected chi connectivity index (χ4v) is 1.47. The first-order chi connectivity index (χ1) is 9.10. The Labute approximate surface area is 108 Å². The van der Waals surface area contributed by atoms with Crippen molar-refractivity contribution in [1.82, 2.24) is 4.98 Å². The van der Waals surface area contributed by atoms with Crippen molar-refractivity contribution in [2.75, 3.05) is 12.4 Å². The van der Waals surface area contributed by atoms with Gasteiger partial charge in [-0.2, -0.15) is 4.98 Å². The molecule has 2 N–H and O–H groups in total. The Balaban J connectivity index is 2.36. The maximum atomic E-state index is 10.9. The molecular formula is C12H11N3O4. The Bertz CT molecular complexity index is 598. The highest BCUT2D eigenvalue weighted by Gasteiger charge is 2.16. The third kappa shape index (κ3) is 2.89. The van der Waals surface area contributed by atoms with Crippen LogP contribution in [0.4, 0.5) is 17.2 Å². The largest absolute Gasteiger partial charge is 0.508 e. The molecule has 0 aliphatic carbocycles. The van der Waals surface area contributed by atoms with Crippen LogP contribution in [0.25, 0.3) is 0 Å². The lowest BCUT2D eigenvalue weighted by Crippen LogP contribution is -2.01. The third-order valence-electron chi connectivity index (χ3n) is 2.38. The number of aromatic hydroxyl groups is 1. The number of phenols is 1. The van der Waals surface area contributed by atoms with Gasteiger partial charge in [0.1, 0.15) is 5.75 Å². The summed E-state index contributed by atoms with van der Waals surface area (Å²) in [5.41, 5.74) is 0.413. The molecule has 7 nitrogen and oxygen atoms in total. The first kappa shape index (κ1) is 12.6. The van der Waals surface area contributed by atoms with Crippen molar-refractivity contribution >= 4 is 17.2 Å². The number of hydrogen-bond acceptors (Lipinski definition) is 6. The lowest BCUT2D eigenvalue weighted by Gasteiger charge is -2.07. The van der Waals surface area contributed by atoms with E-state index >= 15 is 0 Å². The van der Waals surface area contributed by atoms with Crippen LogP contribution in [0.15, 0.2) is 36.4 Å². The van der Waals surface area contributed by atoms with Crippen molar-refractivity contribution in [3.8, 4) is 11.6 Å². The molecule has 0 saturated carbocycles. The first-order valence-corrected chi connectivity index (χ1v) is 5.35. The van der Waals surface area contributed by atoms with Gasteiger partial charge in [-0.25, -0.2) is 0 Å². The van der Waals surface area contributed by atoms with Crippen LogP contribution in [0, 0.1) is 10.1 Å². The maximum absolute atomic E-state index is 10.9. The van der Waals surface area contributed by atoms with Gasteiger partial charge >= 0.3 is 5.69 Å². The first-order valence-electron chi connectivity index (χ1n) is 5.35. The summed E-state index contributed by atoms with van der Waals surface area (Å²) in [7, 11) is 1.43. The van der Waals surface area contributed by atoms with Crippen LogP contribution in [0.2, 0.25) is 0 Å². The number of phenolic OH excluding ortho intramolecular Hbond substituents is 1. The molecule has 0 radical (unpaired) electrons. The Morgan fingerprint density at radius 3 is 2.53 bits per heavy atom. The molecule has 2 aromatic rings. The number of nitro groups is 1. The van der Waals surface area contributed by atoms with E-state index in [1.165, 1.54) is 31.4 Å². The molecule has 0 spiro atoms. The fraction of sp³-hybridized carbons (Fsp3) is 0.0833. The second-order valence-electron chi connectivity index (χ2n) is 3.65. The van der Waals surface area contributed by atoms with Gasteiger partial charge in [-0.1, -0.05) is 0 Å². The van der Waals surface area contributed by atoms with E-state index in [0.29, 0.717) is 5.69 Å². The Morgan fingerprint density at radius 1 is 1.26 bits per heavy atom. The van der Waals surface area contributed by atoms with Gasteiger partial charge < -0.3 is 15.2 Å². The molecule has 0 bridgehead atoms. The molecule has 2 rings (SSSR count). The second-order valence-corrected chi connectivity index (χ2v) is 3.65. The number of hydrogen-bond donors (Lipinski definition) is 2. The molecule has 98 valence electrons. The van der Waals surface area contributed by atoms with Crippen LogP contribution in [0.1, 0.15) is 0 Å². The van der Waals surface area contributed by atoms with Gasteiger partial charge in [0.25, 0.3) is 0 Å². The number of pyridine rings is 1. The van der Waals surface area contributed by atoms with Gasteiger partial charge in [0.05, 0.1) is 12.0 Å². The summed E-state index contributed by atoms with van der Waals surface area (Å²) in [6.07, 6.45) is 0. The Kier molecular flexibility index (Phi) is 3.46. The summed E-state index contributed by atoms with van der Waals surface area (Å²) < 4.78 is 4.93. The number of rotatable bonds is 4. The molecule has 1 aromatic carbocycles. The van der Waals surface area contributed by atoms with Gasteiger partial charge in [0.15, 0.2) is 0 Å². The molecule has 1 aromatic heterocycles. The lowest BCUT2D eigenvalue weighted by atomic mass is 10.3. The number of methoxy groups -OCH3 is 1. The monoisotopic (exact) mass is 261 g/mol. The molecule has 0 atom stereocenters. The van der Waals surface area contributed by atoms with E-state index in [2.05, 4.69) is 10.3 Å². The van der Waals surface area contributed by atoms with Crippen molar-refractivity contribution in [3.05, 3.63) is 46.5 Å². The Morgan fingerprint density at radius 2 is 1.95 bits per heavy atom. The molecule has 0 amide bonds. The number of anilines is 2. The molecule has 1 heterocycles. The minimum absolute atomic E-state index is 0.0787. The number of ether oxygens (including phenoxy) is 1. The smallest absolute Gasteiger partial charge is 0.311 e. The van der Waals surface area contributed by atoms with Crippen molar-refractivity contribution in [2.45, 2.75) is 0 Å². The molecule has 0 saturated heterocycles. The molecule has 0 unspecified atom stereocenters. The number of nitrogens with one attached hydrogen (secondary N) is 1. The lowest BCUT2D eigenvalue weighted by molar-refractivity contribution is -0.384. The highest BCUT2D eigenvalue weighted by Crippen LogP contribution is 2.28. The molecule has 19 heavy (non-hydrogen) atoms. The van der Waals surface area contributed by atoms with Gasteiger partial charge in [-0.15, -0.1) is 0 Å². The van der Waals surface area contributed by atoms with E-state index in [1.807, 2.05) is 0 Å². The highest BCUT2D eigenvalue weighted by atomic mass is 16.6. The summed E-state index contributed by atoms with van der Waals surface area (Å²) in [6, 6.07) is 8.83. The van der Waals surface area contributed by atoms with Crippen LogP contribution in [-0.4, -0.2) is 22.1 Å². The fourth-order valence-electron chi connectivity index (χ4n) is 1.47. The predicted molar refractivity (Wildman–Crippen MR) is 68.8 cm³/mol. The van der Waals surface area contributed by atoms with Crippen molar-refractivity contribution in [2.24, 2.45) is 0 Å². The summed E-state index contributed by atoms with van der Waals surface area (Å²) in [5.74, 6) is 0.459. The quantitative estimate of drug-likeness (QED) is 0.498. The van der Waals surface area contributed by atoms with E-state index in [0.717, 1.165) is 0 Å². The SMILES string of the molecule is COc1ccc([N+](=O)[O-])c(Nc2ccc(O)cc2)n1. The number of benzene rings is 1. The molecule has 7 heteroatoms. The predicted octanol–water partition coefficient (Wildman–Crippen LogP) is 2.45. The van der Waals surface area contributed by atoms with E-state index in [9.17, 15) is 15.2 Å². The zero-order valence-electron chi connectivity index (χ0n) is 10.0. The molecule has 0 fully saturated rings. The van der Waals surface area contributed by atoms with Crippen LogP contribution >= 0.6 is 0 Å². The topological polar surface area (TPSA) is 97.5 Å². The van der Waals surface area contributed by atoms with E-state index in [-0.39, 0.29) is 23.1 Å². The maximum Gasteiger partial charge on any atom is 0.311 e. The zero-order valence-corrected chi connectivity index (χ0v) is 10.0. The summed E-state index contributed by atoms with van der Waals surface area (Å²) in [4.78, 5) is 14.4.